The highest BCUT2D eigenvalue weighted by molar-refractivity contribution is 7.83. The van der Waals surface area contributed by atoms with E-state index in [-0.39, 0.29) is 6.61 Å². The third-order valence-corrected chi connectivity index (χ3v) is 6.42. The minimum absolute atomic E-state index is 0.0195. The van der Waals surface area contributed by atoms with Crippen LogP contribution in [0.5, 0.6) is 0 Å². The van der Waals surface area contributed by atoms with Gasteiger partial charge in [0, 0.05) is 24.9 Å². The van der Waals surface area contributed by atoms with Crippen molar-refractivity contribution in [2.75, 3.05) is 18.9 Å². The van der Waals surface area contributed by atoms with Crippen LogP contribution < -0.4 is 10.5 Å². The molecule has 0 saturated heterocycles. The fourth-order valence-electron chi connectivity index (χ4n) is 3.81. The van der Waals surface area contributed by atoms with Gasteiger partial charge in [0.2, 0.25) is 0 Å². The van der Waals surface area contributed by atoms with Crippen LogP contribution in [0, 0.1) is 6.92 Å². The zero-order chi connectivity index (χ0) is 21.8. The largest absolute Gasteiger partial charge is 0.396 e. The maximum Gasteiger partial charge on any atom is 0.152 e. The monoisotopic (exact) mass is 437 g/mol. The van der Waals surface area contributed by atoms with E-state index >= 15 is 0 Å². The van der Waals surface area contributed by atoms with Gasteiger partial charge in [0.1, 0.15) is 22.3 Å². The van der Waals surface area contributed by atoms with E-state index in [0.29, 0.717) is 24.3 Å². The lowest BCUT2D eigenvalue weighted by molar-refractivity contribution is 0.294. The molecule has 4 N–H and O–H groups in total. The predicted molar refractivity (Wildman–Crippen MR) is 125 cm³/mol. The molecule has 0 saturated carbocycles. The number of hydrogen-bond donors (Lipinski definition) is 3. The topological polar surface area (TPSA) is 106 Å². The number of anilines is 1. The van der Waals surface area contributed by atoms with Crippen molar-refractivity contribution in [2.45, 2.75) is 37.6 Å². The summed E-state index contributed by atoms with van der Waals surface area (Å²) in [5.74, 6) is 1.21. The maximum atomic E-state index is 12.4. The number of imidazole rings is 1. The number of benzene rings is 2. The molecule has 8 heteroatoms. The van der Waals surface area contributed by atoms with Crippen LogP contribution in [-0.4, -0.2) is 37.0 Å². The summed E-state index contributed by atoms with van der Waals surface area (Å²) in [5, 5.41) is 10.5. The van der Waals surface area contributed by atoms with E-state index in [2.05, 4.69) is 19.3 Å². The normalized spacial score (nSPS) is 12.6. The van der Waals surface area contributed by atoms with E-state index in [1.165, 1.54) is 0 Å². The standard InChI is InChI=1S/C23H27N5O2S/c1-16-7-6-8-17(15-16)31(30)25-12-4-5-13-28-20(11-14-29)27-21-22(28)18-9-2-3-10-19(18)26-23(21)24/h2-3,6-10,15,25,29H,4-5,11-14H2,1H3,(H2,24,26). The van der Waals surface area contributed by atoms with Crippen molar-refractivity contribution < 1.29 is 9.32 Å². The Bertz CT molecular complexity index is 1240. The number of aliphatic hydroxyl groups is 1. The number of hydrogen-bond acceptors (Lipinski definition) is 5. The Kier molecular flexibility index (Phi) is 6.60. The molecule has 1 unspecified atom stereocenters. The lowest BCUT2D eigenvalue weighted by Gasteiger charge is -2.11. The van der Waals surface area contributed by atoms with Crippen LogP contribution in [0.3, 0.4) is 0 Å². The Hall–Kier alpha value is -2.81. The summed E-state index contributed by atoms with van der Waals surface area (Å²) in [5.41, 5.74) is 9.75. The Morgan fingerprint density at radius 1 is 1.13 bits per heavy atom. The van der Waals surface area contributed by atoms with Crippen molar-refractivity contribution in [1.82, 2.24) is 19.3 Å². The fraction of sp³-hybridized carbons (Fsp3) is 0.304. The second-order valence-corrected chi connectivity index (χ2v) is 8.85. The molecule has 0 aliphatic heterocycles. The van der Waals surface area contributed by atoms with Gasteiger partial charge in [-0.1, -0.05) is 30.3 Å². The molecule has 31 heavy (non-hydrogen) atoms. The van der Waals surface area contributed by atoms with Crippen LogP contribution in [0.25, 0.3) is 21.9 Å². The number of nitrogens with two attached hydrogens (primary N) is 1. The molecule has 7 nitrogen and oxygen atoms in total. The summed E-state index contributed by atoms with van der Waals surface area (Å²) in [6.45, 7) is 3.39. The Morgan fingerprint density at radius 3 is 2.77 bits per heavy atom. The molecule has 4 rings (SSSR count). The van der Waals surface area contributed by atoms with Gasteiger partial charge in [-0.15, -0.1) is 0 Å². The quantitative estimate of drug-likeness (QED) is 0.349. The third-order valence-electron chi connectivity index (χ3n) is 5.27. The number of pyridine rings is 1. The molecule has 4 aromatic rings. The highest BCUT2D eigenvalue weighted by atomic mass is 32.2. The van der Waals surface area contributed by atoms with Gasteiger partial charge in [-0.3, -0.25) is 0 Å². The first-order valence-electron chi connectivity index (χ1n) is 10.4. The number of nitrogens with one attached hydrogen (secondary N) is 1. The molecular formula is C23H27N5O2S. The lowest BCUT2D eigenvalue weighted by Crippen LogP contribution is -2.19. The first-order chi connectivity index (χ1) is 15.1. The first kappa shape index (κ1) is 21.4. The molecule has 162 valence electrons. The molecule has 2 heterocycles. The minimum Gasteiger partial charge on any atom is -0.396 e. The Balaban J connectivity index is 1.49. The number of aliphatic hydroxyl groups excluding tert-OH is 1. The van der Waals surface area contributed by atoms with Crippen LogP contribution in [-0.2, 0) is 24.0 Å². The van der Waals surface area contributed by atoms with Crippen molar-refractivity contribution >= 4 is 38.7 Å². The molecular weight excluding hydrogens is 410 g/mol. The van der Waals surface area contributed by atoms with Crippen molar-refractivity contribution in [3.05, 3.63) is 59.9 Å². The summed E-state index contributed by atoms with van der Waals surface area (Å²) in [6, 6.07) is 15.6. The molecule has 0 spiro atoms. The van der Waals surface area contributed by atoms with E-state index in [4.69, 9.17) is 5.73 Å². The van der Waals surface area contributed by atoms with Crippen LogP contribution in [0.2, 0.25) is 0 Å². The zero-order valence-electron chi connectivity index (χ0n) is 17.5. The summed E-state index contributed by atoms with van der Waals surface area (Å²) < 4.78 is 17.7. The third kappa shape index (κ3) is 4.61. The van der Waals surface area contributed by atoms with E-state index in [9.17, 15) is 9.32 Å². The van der Waals surface area contributed by atoms with Gasteiger partial charge < -0.3 is 15.4 Å². The molecule has 0 bridgehead atoms. The number of rotatable bonds is 9. The van der Waals surface area contributed by atoms with Crippen LogP contribution in [0.4, 0.5) is 5.82 Å². The molecule has 0 amide bonds. The van der Waals surface area contributed by atoms with E-state index in [1.54, 1.807) is 0 Å². The van der Waals surface area contributed by atoms with E-state index in [1.807, 2.05) is 55.5 Å². The Morgan fingerprint density at radius 2 is 1.97 bits per heavy atom. The van der Waals surface area contributed by atoms with E-state index in [0.717, 1.165) is 52.1 Å². The van der Waals surface area contributed by atoms with Gasteiger partial charge in [0.15, 0.2) is 5.82 Å². The highest BCUT2D eigenvalue weighted by Crippen LogP contribution is 2.29. The first-order valence-corrected chi connectivity index (χ1v) is 11.6. The summed E-state index contributed by atoms with van der Waals surface area (Å²) in [4.78, 5) is 9.95. The average molecular weight is 438 g/mol. The van der Waals surface area contributed by atoms with Crippen LogP contribution in [0.15, 0.2) is 53.4 Å². The predicted octanol–water partition coefficient (Wildman–Crippen LogP) is 3.10. The molecule has 2 aromatic heterocycles. The zero-order valence-corrected chi connectivity index (χ0v) is 18.4. The number of aryl methyl sites for hydroxylation is 2. The van der Waals surface area contributed by atoms with Crippen molar-refractivity contribution in [3.8, 4) is 0 Å². The summed E-state index contributed by atoms with van der Waals surface area (Å²) in [7, 11) is -1.21. The molecule has 2 aromatic carbocycles. The summed E-state index contributed by atoms with van der Waals surface area (Å²) in [6.07, 6.45) is 2.19. The van der Waals surface area contributed by atoms with Gasteiger partial charge in [-0.2, -0.15) is 0 Å². The molecule has 0 aliphatic rings. The molecule has 0 radical (unpaired) electrons. The SMILES string of the molecule is Cc1cccc(S(=O)NCCCCn2c(CCO)nc3c(N)nc4ccccc4c32)c1. The lowest BCUT2D eigenvalue weighted by atomic mass is 10.2. The minimum atomic E-state index is -1.21. The van der Waals surface area contributed by atoms with Crippen molar-refractivity contribution in [3.63, 3.8) is 0 Å². The van der Waals surface area contributed by atoms with Gasteiger partial charge in [-0.25, -0.2) is 18.9 Å². The van der Waals surface area contributed by atoms with Crippen LogP contribution in [0.1, 0.15) is 24.2 Å². The fourth-order valence-corrected chi connectivity index (χ4v) is 4.80. The smallest absolute Gasteiger partial charge is 0.152 e. The number of nitrogens with zero attached hydrogens (tertiary/aromatic N) is 3. The van der Waals surface area contributed by atoms with Crippen molar-refractivity contribution in [1.29, 1.82) is 0 Å². The molecule has 0 aliphatic carbocycles. The van der Waals surface area contributed by atoms with Crippen molar-refractivity contribution in [2.24, 2.45) is 0 Å². The molecule has 1 atom stereocenters. The number of nitrogen functional groups attached to an aromatic ring is 1. The maximum absolute atomic E-state index is 12.4. The second kappa shape index (κ2) is 9.55. The van der Waals surface area contributed by atoms with Gasteiger partial charge in [-0.05, 0) is 43.5 Å². The Labute approximate surface area is 183 Å². The second-order valence-electron chi connectivity index (χ2n) is 7.55. The number of aromatic nitrogens is 3. The number of para-hydroxylation sites is 1. The number of unbranched alkanes of at least 4 members (excludes halogenated alkanes) is 1. The summed E-state index contributed by atoms with van der Waals surface area (Å²) >= 11 is 0. The van der Waals surface area contributed by atoms with Gasteiger partial charge in [0.05, 0.1) is 22.5 Å². The number of fused-ring (bicyclic) bond motifs is 3. The average Bonchev–Trinajstić information content (AvgIpc) is 3.13. The highest BCUT2D eigenvalue weighted by Gasteiger charge is 2.16. The molecule has 0 fully saturated rings. The van der Waals surface area contributed by atoms with Gasteiger partial charge in [0.25, 0.3) is 0 Å². The van der Waals surface area contributed by atoms with E-state index < -0.39 is 11.0 Å². The van der Waals surface area contributed by atoms with Gasteiger partial charge >= 0.3 is 0 Å². The van der Waals surface area contributed by atoms with Crippen LogP contribution >= 0.6 is 0 Å².